The summed E-state index contributed by atoms with van der Waals surface area (Å²) in [6.07, 6.45) is 2.62. The average Bonchev–Trinajstić information content (AvgIpc) is 2.30. The minimum atomic E-state index is -1.11. The quantitative estimate of drug-likeness (QED) is 0.702. The summed E-state index contributed by atoms with van der Waals surface area (Å²) in [7, 11) is 0. The van der Waals surface area contributed by atoms with Crippen molar-refractivity contribution in [2.75, 3.05) is 0 Å². The Morgan fingerprint density at radius 1 is 1.33 bits per heavy atom. The lowest BCUT2D eigenvalue weighted by atomic mass is 9.77. The van der Waals surface area contributed by atoms with Gasteiger partial charge in [-0.15, -0.1) is 0 Å². The first-order valence-corrected chi connectivity index (χ1v) is 6.59. The van der Waals surface area contributed by atoms with Gasteiger partial charge in [0.25, 0.3) is 0 Å². The Bertz CT molecular complexity index is 320. The summed E-state index contributed by atoms with van der Waals surface area (Å²) in [5.74, 6) is -0.785. The van der Waals surface area contributed by atoms with Crippen LogP contribution in [0.25, 0.3) is 0 Å². The van der Waals surface area contributed by atoms with Crippen molar-refractivity contribution in [2.24, 2.45) is 17.6 Å². The first-order valence-electron chi connectivity index (χ1n) is 6.59. The van der Waals surface area contributed by atoms with Gasteiger partial charge >= 0.3 is 5.97 Å². The Balaban J connectivity index is 2.75. The second-order valence-corrected chi connectivity index (χ2v) is 5.83. The van der Waals surface area contributed by atoms with Gasteiger partial charge in [0.2, 0.25) is 5.91 Å². The summed E-state index contributed by atoms with van der Waals surface area (Å²) in [6, 6.07) is -0.652. The van der Waals surface area contributed by atoms with E-state index in [4.69, 9.17) is 5.73 Å². The number of nitrogens with two attached hydrogens (primary N) is 1. The molecular weight excluding hydrogens is 232 g/mol. The zero-order valence-electron chi connectivity index (χ0n) is 11.4. The molecule has 0 aromatic rings. The maximum Gasteiger partial charge on any atom is 0.329 e. The highest BCUT2D eigenvalue weighted by Crippen LogP contribution is 2.32. The fourth-order valence-corrected chi connectivity index (χ4v) is 2.27. The standard InChI is InChI=1S/C13H24N2O3/c1-8(2)10(14)11(16)15-13(12(17)18)6-4-9(3)5-7-13/h8-10H,4-7,14H2,1-3H3,(H,15,16)(H,17,18). The Morgan fingerprint density at radius 2 is 1.83 bits per heavy atom. The molecule has 1 aliphatic rings. The van der Waals surface area contributed by atoms with E-state index in [9.17, 15) is 14.7 Å². The third-order valence-electron chi connectivity index (χ3n) is 3.92. The van der Waals surface area contributed by atoms with Gasteiger partial charge < -0.3 is 16.2 Å². The Morgan fingerprint density at radius 3 is 2.22 bits per heavy atom. The van der Waals surface area contributed by atoms with Crippen LogP contribution in [0.4, 0.5) is 0 Å². The summed E-state index contributed by atoms with van der Waals surface area (Å²) in [5, 5.41) is 12.1. The van der Waals surface area contributed by atoms with Gasteiger partial charge in [-0.05, 0) is 37.5 Å². The largest absolute Gasteiger partial charge is 0.480 e. The predicted molar refractivity (Wildman–Crippen MR) is 69.0 cm³/mol. The summed E-state index contributed by atoms with van der Waals surface area (Å²) in [4.78, 5) is 23.4. The number of carbonyl (C=O) groups excluding carboxylic acids is 1. The van der Waals surface area contributed by atoms with E-state index in [0.717, 1.165) is 12.8 Å². The first kappa shape index (κ1) is 15.0. The smallest absolute Gasteiger partial charge is 0.329 e. The van der Waals surface area contributed by atoms with E-state index in [0.29, 0.717) is 18.8 Å². The van der Waals surface area contributed by atoms with Crippen molar-refractivity contribution < 1.29 is 14.7 Å². The van der Waals surface area contributed by atoms with Crippen LogP contribution in [-0.4, -0.2) is 28.6 Å². The monoisotopic (exact) mass is 256 g/mol. The van der Waals surface area contributed by atoms with E-state index < -0.39 is 17.6 Å². The number of rotatable bonds is 4. The first-order chi connectivity index (χ1) is 8.28. The molecule has 0 spiro atoms. The number of carbonyl (C=O) groups is 2. The van der Waals surface area contributed by atoms with Crippen LogP contribution in [-0.2, 0) is 9.59 Å². The van der Waals surface area contributed by atoms with Crippen LogP contribution in [0.5, 0.6) is 0 Å². The van der Waals surface area contributed by atoms with E-state index in [2.05, 4.69) is 12.2 Å². The van der Waals surface area contributed by atoms with Gasteiger partial charge in [-0.3, -0.25) is 4.79 Å². The second kappa shape index (κ2) is 5.69. The van der Waals surface area contributed by atoms with Crippen molar-refractivity contribution in [3.63, 3.8) is 0 Å². The van der Waals surface area contributed by atoms with E-state index in [1.54, 1.807) is 0 Å². The molecule has 0 aliphatic heterocycles. The van der Waals surface area contributed by atoms with Crippen LogP contribution >= 0.6 is 0 Å². The third-order valence-corrected chi connectivity index (χ3v) is 3.92. The number of nitrogens with one attached hydrogen (secondary N) is 1. The fraction of sp³-hybridized carbons (Fsp3) is 0.846. The highest BCUT2D eigenvalue weighted by molar-refractivity contribution is 5.89. The number of hydrogen-bond donors (Lipinski definition) is 3. The SMILES string of the molecule is CC1CCC(NC(=O)C(N)C(C)C)(C(=O)O)CC1. The van der Waals surface area contributed by atoms with Crippen molar-refractivity contribution in [1.29, 1.82) is 0 Å². The molecule has 0 bridgehead atoms. The molecule has 0 aromatic heterocycles. The van der Waals surface area contributed by atoms with Crippen LogP contribution < -0.4 is 11.1 Å². The molecule has 1 saturated carbocycles. The normalized spacial score (nSPS) is 29.9. The van der Waals surface area contributed by atoms with E-state index in [1.165, 1.54) is 0 Å². The Kier molecular flexibility index (Phi) is 4.73. The summed E-state index contributed by atoms with van der Waals surface area (Å²) in [6.45, 7) is 5.80. The van der Waals surface area contributed by atoms with Gasteiger partial charge in [0.05, 0.1) is 6.04 Å². The molecule has 1 amide bonds. The molecule has 0 heterocycles. The maximum absolute atomic E-state index is 11.9. The summed E-state index contributed by atoms with van der Waals surface area (Å²) < 4.78 is 0. The molecule has 0 aromatic carbocycles. The van der Waals surface area contributed by atoms with Gasteiger partial charge in [0.1, 0.15) is 5.54 Å². The van der Waals surface area contributed by atoms with Gasteiger partial charge in [-0.2, -0.15) is 0 Å². The van der Waals surface area contributed by atoms with Crippen LogP contribution in [0.2, 0.25) is 0 Å². The van der Waals surface area contributed by atoms with Crippen LogP contribution in [0, 0.1) is 11.8 Å². The van der Waals surface area contributed by atoms with Gasteiger partial charge in [-0.25, -0.2) is 4.79 Å². The molecule has 5 heteroatoms. The molecule has 4 N–H and O–H groups in total. The van der Waals surface area contributed by atoms with Crippen LogP contribution in [0.3, 0.4) is 0 Å². The lowest BCUT2D eigenvalue weighted by Gasteiger charge is -2.37. The number of aliphatic carboxylic acids is 1. The van der Waals surface area contributed by atoms with Gasteiger partial charge in [0.15, 0.2) is 0 Å². The molecule has 1 atom stereocenters. The Hall–Kier alpha value is -1.10. The number of carboxylic acid groups (broad SMARTS) is 1. The zero-order chi connectivity index (χ0) is 13.9. The van der Waals surface area contributed by atoms with E-state index in [-0.39, 0.29) is 11.8 Å². The van der Waals surface area contributed by atoms with Crippen LogP contribution in [0.1, 0.15) is 46.5 Å². The summed E-state index contributed by atoms with van der Waals surface area (Å²) >= 11 is 0. The molecule has 0 saturated heterocycles. The lowest BCUT2D eigenvalue weighted by molar-refractivity contribution is -0.150. The van der Waals surface area contributed by atoms with Gasteiger partial charge in [0, 0.05) is 0 Å². The van der Waals surface area contributed by atoms with E-state index in [1.807, 2.05) is 13.8 Å². The summed E-state index contributed by atoms with van der Waals surface area (Å²) in [5.41, 5.74) is 4.64. The predicted octanol–water partition coefficient (Wildman–Crippen LogP) is 1.12. The zero-order valence-corrected chi connectivity index (χ0v) is 11.4. The van der Waals surface area contributed by atoms with Gasteiger partial charge in [-0.1, -0.05) is 20.8 Å². The Labute approximate surface area is 108 Å². The van der Waals surface area contributed by atoms with Crippen LogP contribution in [0.15, 0.2) is 0 Å². The lowest BCUT2D eigenvalue weighted by Crippen LogP contribution is -2.60. The van der Waals surface area contributed by atoms with Crippen molar-refractivity contribution in [3.05, 3.63) is 0 Å². The minimum absolute atomic E-state index is 0.00152. The molecule has 5 nitrogen and oxygen atoms in total. The molecular formula is C13H24N2O3. The number of amides is 1. The third kappa shape index (κ3) is 3.22. The minimum Gasteiger partial charge on any atom is -0.480 e. The van der Waals surface area contributed by atoms with E-state index >= 15 is 0 Å². The topological polar surface area (TPSA) is 92.4 Å². The highest BCUT2D eigenvalue weighted by Gasteiger charge is 2.43. The second-order valence-electron chi connectivity index (χ2n) is 5.83. The highest BCUT2D eigenvalue weighted by atomic mass is 16.4. The van der Waals surface area contributed by atoms with Crippen molar-refractivity contribution in [2.45, 2.75) is 58.0 Å². The average molecular weight is 256 g/mol. The van der Waals surface area contributed by atoms with Crippen molar-refractivity contribution >= 4 is 11.9 Å². The molecule has 18 heavy (non-hydrogen) atoms. The van der Waals surface area contributed by atoms with Crippen molar-refractivity contribution in [1.82, 2.24) is 5.32 Å². The molecule has 104 valence electrons. The molecule has 1 rings (SSSR count). The van der Waals surface area contributed by atoms with Crippen molar-refractivity contribution in [3.8, 4) is 0 Å². The molecule has 0 radical (unpaired) electrons. The fourth-order valence-electron chi connectivity index (χ4n) is 2.27. The molecule has 1 fully saturated rings. The number of carboxylic acids is 1. The number of hydrogen-bond acceptors (Lipinski definition) is 3. The molecule has 1 unspecified atom stereocenters. The maximum atomic E-state index is 11.9. The molecule has 1 aliphatic carbocycles.